The van der Waals surface area contributed by atoms with Crippen LogP contribution in [0.2, 0.25) is 0 Å². The third kappa shape index (κ3) is 4.46. The van der Waals surface area contributed by atoms with Crippen LogP contribution in [0.15, 0.2) is 60.2 Å². The van der Waals surface area contributed by atoms with Gasteiger partial charge in [0.05, 0.1) is 17.7 Å². The third-order valence-electron chi connectivity index (χ3n) is 4.78. The zero-order valence-corrected chi connectivity index (χ0v) is 17.2. The van der Waals surface area contributed by atoms with Crippen LogP contribution in [0.1, 0.15) is 17.0 Å². The zero-order chi connectivity index (χ0) is 22.5. The van der Waals surface area contributed by atoms with Crippen molar-refractivity contribution in [2.75, 3.05) is 12.4 Å². The Labute approximate surface area is 179 Å². The van der Waals surface area contributed by atoms with E-state index in [-0.39, 0.29) is 11.3 Å². The molecule has 0 fully saturated rings. The molecule has 31 heavy (non-hydrogen) atoms. The number of ether oxygens (including phenoxy) is 1. The SMILES string of the molecule is COc1ccc([N+](=O)[O-])cc1-n1c(C)cc(/C=C(/C#N)C(=O)Nc2ccccc2)c1C. The van der Waals surface area contributed by atoms with Gasteiger partial charge >= 0.3 is 0 Å². The van der Waals surface area contributed by atoms with Crippen molar-refractivity contribution in [2.24, 2.45) is 0 Å². The van der Waals surface area contributed by atoms with Crippen LogP contribution < -0.4 is 10.1 Å². The maximum atomic E-state index is 12.5. The molecule has 8 nitrogen and oxygen atoms in total. The molecular weight excluding hydrogens is 396 g/mol. The lowest BCUT2D eigenvalue weighted by molar-refractivity contribution is -0.384. The number of nitriles is 1. The normalized spacial score (nSPS) is 11.0. The molecule has 0 atom stereocenters. The van der Waals surface area contributed by atoms with E-state index in [1.807, 2.05) is 19.1 Å². The predicted octanol–water partition coefficient (Wildman–Crippen LogP) is 4.56. The van der Waals surface area contributed by atoms with Gasteiger partial charge in [-0.25, -0.2) is 0 Å². The highest BCUT2D eigenvalue weighted by Gasteiger charge is 2.18. The van der Waals surface area contributed by atoms with Crippen LogP contribution >= 0.6 is 0 Å². The summed E-state index contributed by atoms with van der Waals surface area (Å²) in [4.78, 5) is 23.3. The summed E-state index contributed by atoms with van der Waals surface area (Å²) in [6, 6.07) is 16.9. The molecule has 0 aliphatic heterocycles. The number of nitrogens with zero attached hydrogens (tertiary/aromatic N) is 3. The van der Waals surface area contributed by atoms with Gasteiger partial charge in [0.15, 0.2) is 0 Å². The largest absolute Gasteiger partial charge is 0.495 e. The second-order valence-electron chi connectivity index (χ2n) is 6.77. The first kappa shape index (κ1) is 21.3. The highest BCUT2D eigenvalue weighted by Crippen LogP contribution is 2.32. The minimum absolute atomic E-state index is 0.0601. The third-order valence-corrected chi connectivity index (χ3v) is 4.78. The number of hydrogen-bond donors (Lipinski definition) is 1. The van der Waals surface area contributed by atoms with Crippen molar-refractivity contribution >= 4 is 23.4 Å². The number of nitro benzene ring substituents is 1. The van der Waals surface area contributed by atoms with Gasteiger partial charge in [-0.05, 0) is 49.8 Å². The number of rotatable bonds is 6. The van der Waals surface area contributed by atoms with E-state index in [0.717, 1.165) is 5.69 Å². The van der Waals surface area contributed by atoms with Crippen LogP contribution in [0.25, 0.3) is 11.8 Å². The highest BCUT2D eigenvalue weighted by atomic mass is 16.6. The van der Waals surface area contributed by atoms with E-state index in [1.165, 1.54) is 31.4 Å². The van der Waals surface area contributed by atoms with Gasteiger partial charge in [-0.15, -0.1) is 0 Å². The van der Waals surface area contributed by atoms with Gasteiger partial charge in [0.25, 0.3) is 11.6 Å². The number of para-hydroxylation sites is 1. The molecular formula is C23H20N4O4. The number of carbonyl (C=O) groups excluding carboxylic acids is 1. The van der Waals surface area contributed by atoms with Crippen molar-refractivity contribution in [1.82, 2.24) is 4.57 Å². The Balaban J connectivity index is 2.03. The second kappa shape index (κ2) is 8.97. The maximum Gasteiger partial charge on any atom is 0.271 e. The molecule has 0 bridgehead atoms. The molecule has 3 aromatic rings. The van der Waals surface area contributed by atoms with Crippen LogP contribution in [0.3, 0.4) is 0 Å². The van der Waals surface area contributed by atoms with E-state index in [9.17, 15) is 20.2 Å². The summed E-state index contributed by atoms with van der Waals surface area (Å²) in [5.74, 6) is -0.0586. The maximum absolute atomic E-state index is 12.5. The van der Waals surface area contributed by atoms with E-state index in [4.69, 9.17) is 4.74 Å². The molecule has 1 N–H and O–H groups in total. The van der Waals surface area contributed by atoms with Gasteiger partial charge in [-0.2, -0.15) is 5.26 Å². The Morgan fingerprint density at radius 3 is 2.52 bits per heavy atom. The number of aromatic nitrogens is 1. The van der Waals surface area contributed by atoms with Gasteiger partial charge in [0, 0.05) is 29.2 Å². The number of amides is 1. The summed E-state index contributed by atoms with van der Waals surface area (Å²) in [5, 5.41) is 23.4. The van der Waals surface area contributed by atoms with Gasteiger partial charge in [0.1, 0.15) is 17.4 Å². The van der Waals surface area contributed by atoms with Crippen LogP contribution in [0.4, 0.5) is 11.4 Å². The Hall–Kier alpha value is -4.38. The first-order chi connectivity index (χ1) is 14.8. The number of benzene rings is 2. The number of aryl methyl sites for hydroxylation is 1. The molecule has 1 amide bonds. The number of hydrogen-bond acceptors (Lipinski definition) is 5. The average Bonchev–Trinajstić information content (AvgIpc) is 3.04. The van der Waals surface area contributed by atoms with Crippen molar-refractivity contribution in [3.8, 4) is 17.5 Å². The molecule has 0 aliphatic carbocycles. The molecule has 2 aromatic carbocycles. The molecule has 0 radical (unpaired) electrons. The summed E-state index contributed by atoms with van der Waals surface area (Å²) in [6.07, 6.45) is 1.50. The lowest BCUT2D eigenvalue weighted by Crippen LogP contribution is -2.13. The number of carbonyl (C=O) groups is 1. The zero-order valence-electron chi connectivity index (χ0n) is 17.2. The van der Waals surface area contributed by atoms with E-state index in [2.05, 4.69) is 5.32 Å². The number of anilines is 1. The number of nitro groups is 1. The second-order valence-corrected chi connectivity index (χ2v) is 6.77. The van der Waals surface area contributed by atoms with E-state index in [1.54, 1.807) is 41.8 Å². The molecule has 8 heteroatoms. The lowest BCUT2D eigenvalue weighted by atomic mass is 10.1. The fourth-order valence-electron chi connectivity index (χ4n) is 3.30. The highest BCUT2D eigenvalue weighted by molar-refractivity contribution is 6.09. The first-order valence-corrected chi connectivity index (χ1v) is 9.35. The molecule has 0 saturated carbocycles. The van der Waals surface area contributed by atoms with Crippen molar-refractivity contribution in [3.63, 3.8) is 0 Å². The fraction of sp³-hybridized carbons (Fsp3) is 0.130. The summed E-state index contributed by atoms with van der Waals surface area (Å²) >= 11 is 0. The van der Waals surface area contributed by atoms with Crippen LogP contribution in [-0.2, 0) is 4.79 Å². The Bertz CT molecular complexity index is 1220. The smallest absolute Gasteiger partial charge is 0.271 e. The molecule has 1 aromatic heterocycles. The van der Waals surface area contributed by atoms with E-state index < -0.39 is 10.8 Å². The topological polar surface area (TPSA) is 110 Å². The first-order valence-electron chi connectivity index (χ1n) is 9.35. The molecule has 0 unspecified atom stereocenters. The van der Waals surface area contributed by atoms with Crippen LogP contribution in [0, 0.1) is 35.3 Å². The fourth-order valence-corrected chi connectivity index (χ4v) is 3.30. The van der Waals surface area contributed by atoms with Crippen LogP contribution in [-0.4, -0.2) is 22.5 Å². The quantitative estimate of drug-likeness (QED) is 0.274. The minimum atomic E-state index is -0.522. The number of methoxy groups -OCH3 is 1. The van der Waals surface area contributed by atoms with Crippen molar-refractivity contribution in [2.45, 2.75) is 13.8 Å². The number of nitrogens with one attached hydrogen (secondary N) is 1. The standard InChI is InChI=1S/C23H20N4O4/c1-15-11-17(12-18(14-24)23(28)25-19-7-5-4-6-8-19)16(2)26(15)21-13-20(27(29)30)9-10-22(21)31-3/h4-13H,1-3H3,(H,25,28)/b18-12-. The Morgan fingerprint density at radius 1 is 1.19 bits per heavy atom. The average molecular weight is 416 g/mol. The summed E-state index contributed by atoms with van der Waals surface area (Å²) in [6.45, 7) is 3.64. The van der Waals surface area contributed by atoms with Crippen LogP contribution in [0.5, 0.6) is 5.75 Å². The van der Waals surface area contributed by atoms with Gasteiger partial charge in [-0.1, -0.05) is 18.2 Å². The lowest BCUT2D eigenvalue weighted by Gasteiger charge is -2.13. The minimum Gasteiger partial charge on any atom is -0.495 e. The van der Waals surface area contributed by atoms with Gasteiger partial charge in [-0.3, -0.25) is 14.9 Å². The van der Waals surface area contributed by atoms with Gasteiger partial charge in [0.2, 0.25) is 0 Å². The summed E-state index contributed by atoms with van der Waals surface area (Å²) in [7, 11) is 1.49. The predicted molar refractivity (Wildman–Crippen MR) is 117 cm³/mol. The molecule has 3 rings (SSSR count). The molecule has 1 heterocycles. The van der Waals surface area contributed by atoms with Crippen molar-refractivity contribution < 1.29 is 14.5 Å². The summed E-state index contributed by atoms with van der Waals surface area (Å²) in [5.41, 5.74) is 3.07. The van der Waals surface area contributed by atoms with E-state index in [0.29, 0.717) is 28.4 Å². The summed E-state index contributed by atoms with van der Waals surface area (Å²) < 4.78 is 7.18. The Kier molecular flexibility index (Phi) is 6.17. The van der Waals surface area contributed by atoms with Crippen molar-refractivity contribution in [1.29, 1.82) is 5.26 Å². The molecule has 0 saturated heterocycles. The van der Waals surface area contributed by atoms with Crippen molar-refractivity contribution in [3.05, 3.63) is 87.2 Å². The van der Waals surface area contributed by atoms with Gasteiger partial charge < -0.3 is 14.6 Å². The van der Waals surface area contributed by atoms with E-state index >= 15 is 0 Å². The molecule has 156 valence electrons. The molecule has 0 spiro atoms. The molecule has 0 aliphatic rings. The monoisotopic (exact) mass is 416 g/mol. The number of non-ortho nitro benzene ring substituents is 1. The Morgan fingerprint density at radius 2 is 1.90 bits per heavy atom.